The monoisotopic (exact) mass is 350 g/mol. The smallest absolute Gasteiger partial charge is 0.0558 e. The van der Waals surface area contributed by atoms with Gasteiger partial charge in [-0.2, -0.15) is 73.2 Å². The molecule has 0 spiro atoms. The first-order valence-electron chi connectivity index (χ1n) is 5.52. The minimum atomic E-state index is 0.258. The molecule has 0 bridgehead atoms. The van der Waals surface area contributed by atoms with Gasteiger partial charge >= 0.3 is 0 Å². The Labute approximate surface area is 135 Å². The molecule has 0 aliphatic carbocycles. The predicted octanol–water partition coefficient (Wildman–Crippen LogP) is 2.70. The van der Waals surface area contributed by atoms with Crippen molar-refractivity contribution in [3.05, 3.63) is 0 Å². The first kappa shape index (κ1) is 19.1. The fraction of sp³-hybridized carbons (Fsp3) is 1.00. The van der Waals surface area contributed by atoms with E-state index in [0.717, 1.165) is 40.3 Å². The molecule has 2 unspecified atom stereocenters. The molecule has 0 radical (unpaired) electrons. The van der Waals surface area contributed by atoms with Crippen molar-refractivity contribution in [2.24, 2.45) is 0 Å². The van der Waals surface area contributed by atoms with Gasteiger partial charge in [-0.1, -0.05) is 0 Å². The Balaban J connectivity index is 3.52. The molecule has 0 saturated carbocycles. The molecule has 0 aromatic rings. The van der Waals surface area contributed by atoms with Crippen LogP contribution in [0.4, 0.5) is 0 Å². The van der Waals surface area contributed by atoms with Crippen molar-refractivity contribution < 1.29 is 5.11 Å². The van der Waals surface area contributed by atoms with Crippen molar-refractivity contribution in [3.8, 4) is 0 Å². The maximum absolute atomic E-state index is 9.26. The van der Waals surface area contributed by atoms with Crippen LogP contribution in [0.25, 0.3) is 0 Å². The number of rotatable bonds is 12. The second-order valence-electron chi connectivity index (χ2n) is 3.39. The lowest BCUT2D eigenvalue weighted by molar-refractivity contribution is 0.301. The molecule has 17 heavy (non-hydrogen) atoms. The van der Waals surface area contributed by atoms with Gasteiger partial charge in [-0.25, -0.2) is 0 Å². The number of hydrogen-bond acceptors (Lipinski definition) is 7. The third kappa shape index (κ3) is 12.8. The fourth-order valence-corrected chi connectivity index (χ4v) is 5.25. The molecule has 0 amide bonds. The van der Waals surface area contributed by atoms with E-state index in [0.29, 0.717) is 10.5 Å². The number of aliphatic hydroxyl groups is 1. The Bertz CT molecular complexity index is 160. The molecular formula is C10H22OS6. The van der Waals surface area contributed by atoms with Gasteiger partial charge in [-0.05, 0) is 11.5 Å². The van der Waals surface area contributed by atoms with E-state index in [2.05, 4.69) is 37.9 Å². The SMILES string of the molecule is OCC(CSCCS)SCC(S)CSCCS. The van der Waals surface area contributed by atoms with Crippen LogP contribution >= 0.6 is 73.2 Å². The number of thiol groups is 3. The predicted molar refractivity (Wildman–Crippen MR) is 98.5 cm³/mol. The van der Waals surface area contributed by atoms with Gasteiger partial charge in [0.2, 0.25) is 0 Å². The maximum atomic E-state index is 9.26. The van der Waals surface area contributed by atoms with E-state index in [1.54, 1.807) is 0 Å². The summed E-state index contributed by atoms with van der Waals surface area (Å²) >= 11 is 18.5. The van der Waals surface area contributed by atoms with Crippen LogP contribution < -0.4 is 0 Å². The first-order chi connectivity index (χ1) is 8.24. The highest BCUT2D eigenvalue weighted by molar-refractivity contribution is 8.04. The molecule has 1 nitrogen and oxygen atoms in total. The summed E-state index contributed by atoms with van der Waals surface area (Å²) < 4.78 is 0. The van der Waals surface area contributed by atoms with Crippen molar-refractivity contribution in [2.75, 3.05) is 46.9 Å². The summed E-state index contributed by atoms with van der Waals surface area (Å²) in [5.41, 5.74) is 0. The topological polar surface area (TPSA) is 20.2 Å². The van der Waals surface area contributed by atoms with E-state index >= 15 is 0 Å². The minimum Gasteiger partial charge on any atom is -0.395 e. The van der Waals surface area contributed by atoms with Gasteiger partial charge in [0.15, 0.2) is 0 Å². The highest BCUT2D eigenvalue weighted by Crippen LogP contribution is 2.20. The summed E-state index contributed by atoms with van der Waals surface area (Å²) in [5.74, 6) is 7.06. The lowest BCUT2D eigenvalue weighted by Crippen LogP contribution is -2.17. The van der Waals surface area contributed by atoms with Crippen LogP contribution in [-0.4, -0.2) is 62.5 Å². The van der Waals surface area contributed by atoms with Crippen LogP contribution in [0.2, 0.25) is 0 Å². The molecule has 0 fully saturated rings. The van der Waals surface area contributed by atoms with E-state index in [-0.39, 0.29) is 6.61 Å². The van der Waals surface area contributed by atoms with Crippen molar-refractivity contribution >= 4 is 73.2 Å². The molecule has 0 aromatic carbocycles. The van der Waals surface area contributed by atoms with E-state index in [9.17, 15) is 5.11 Å². The van der Waals surface area contributed by atoms with Gasteiger partial charge in [0.1, 0.15) is 0 Å². The Kier molecular flexibility index (Phi) is 16.2. The second kappa shape index (κ2) is 14.5. The summed E-state index contributed by atoms with van der Waals surface area (Å²) in [6.07, 6.45) is 0. The molecule has 0 heterocycles. The molecule has 0 saturated heterocycles. The van der Waals surface area contributed by atoms with Crippen LogP contribution in [0, 0.1) is 0 Å². The van der Waals surface area contributed by atoms with Crippen LogP contribution in [0.1, 0.15) is 0 Å². The Hall–Kier alpha value is 2.06. The largest absolute Gasteiger partial charge is 0.395 e. The molecule has 2 atom stereocenters. The highest BCUT2D eigenvalue weighted by atomic mass is 32.2. The van der Waals surface area contributed by atoms with Crippen LogP contribution in [0.5, 0.6) is 0 Å². The van der Waals surface area contributed by atoms with E-state index in [1.165, 1.54) is 0 Å². The maximum Gasteiger partial charge on any atom is 0.0558 e. The lowest BCUT2D eigenvalue weighted by Gasteiger charge is -2.16. The Morgan fingerprint density at radius 1 is 0.941 bits per heavy atom. The summed E-state index contributed by atoms with van der Waals surface area (Å²) in [4.78, 5) is 0. The average molecular weight is 351 g/mol. The Morgan fingerprint density at radius 3 is 2.06 bits per heavy atom. The van der Waals surface area contributed by atoms with Gasteiger partial charge in [-0.3, -0.25) is 0 Å². The van der Waals surface area contributed by atoms with E-state index in [1.807, 2.05) is 35.3 Å². The van der Waals surface area contributed by atoms with Crippen LogP contribution in [-0.2, 0) is 0 Å². The van der Waals surface area contributed by atoms with Crippen LogP contribution in [0.15, 0.2) is 0 Å². The van der Waals surface area contributed by atoms with Crippen molar-refractivity contribution in [2.45, 2.75) is 10.5 Å². The van der Waals surface area contributed by atoms with Gasteiger partial charge in [0, 0.05) is 39.3 Å². The quantitative estimate of drug-likeness (QED) is 0.320. The van der Waals surface area contributed by atoms with Crippen molar-refractivity contribution in [1.82, 2.24) is 0 Å². The van der Waals surface area contributed by atoms with Gasteiger partial charge < -0.3 is 5.11 Å². The third-order valence-corrected chi connectivity index (χ3v) is 7.58. The van der Waals surface area contributed by atoms with Crippen molar-refractivity contribution in [3.63, 3.8) is 0 Å². The highest BCUT2D eigenvalue weighted by Gasteiger charge is 2.11. The van der Waals surface area contributed by atoms with Gasteiger partial charge in [0.25, 0.3) is 0 Å². The molecule has 7 heteroatoms. The minimum absolute atomic E-state index is 0.258. The lowest BCUT2D eigenvalue weighted by atomic mass is 10.5. The molecule has 1 N–H and O–H groups in total. The summed E-state index contributed by atoms with van der Waals surface area (Å²) in [6, 6.07) is 0. The Morgan fingerprint density at radius 2 is 1.53 bits per heavy atom. The first-order valence-corrected chi connectivity index (χ1v) is 10.7. The standard InChI is InChI=1S/C10H22OS6/c11-5-10(8-16-4-2-13)17-7-9(14)6-15-3-1-12/h9-14H,1-8H2. The summed E-state index contributed by atoms with van der Waals surface area (Å²) in [7, 11) is 0. The van der Waals surface area contributed by atoms with Crippen molar-refractivity contribution in [1.29, 1.82) is 0 Å². The number of hydrogen-bond donors (Lipinski definition) is 4. The number of thioether (sulfide) groups is 3. The molecular weight excluding hydrogens is 329 g/mol. The zero-order valence-corrected chi connectivity index (χ0v) is 15.0. The average Bonchev–Trinajstić information content (AvgIpc) is 2.34. The normalized spacial score (nSPS) is 14.8. The van der Waals surface area contributed by atoms with Crippen LogP contribution in [0.3, 0.4) is 0 Å². The zero-order chi connectivity index (χ0) is 12.9. The van der Waals surface area contributed by atoms with Gasteiger partial charge in [0.05, 0.1) is 6.61 Å². The third-order valence-electron chi connectivity index (χ3n) is 1.81. The zero-order valence-electron chi connectivity index (χ0n) is 9.83. The molecule has 0 aliphatic rings. The summed E-state index contributed by atoms with van der Waals surface area (Å²) in [5, 5.41) is 10.0. The number of aliphatic hydroxyl groups excluding tert-OH is 1. The molecule has 0 rings (SSSR count). The summed E-state index contributed by atoms with van der Waals surface area (Å²) in [6.45, 7) is 0.258. The van der Waals surface area contributed by atoms with E-state index in [4.69, 9.17) is 0 Å². The second-order valence-corrected chi connectivity index (χ2v) is 8.65. The fourth-order valence-electron chi connectivity index (χ4n) is 1.01. The molecule has 0 aliphatic heterocycles. The molecule has 0 aromatic heterocycles. The van der Waals surface area contributed by atoms with Gasteiger partial charge in [-0.15, -0.1) is 0 Å². The van der Waals surface area contributed by atoms with E-state index < -0.39 is 0 Å². The molecule has 104 valence electrons.